The number of non-ortho nitro benzene ring substituents is 1. The van der Waals surface area contributed by atoms with Crippen molar-refractivity contribution in [1.82, 2.24) is 0 Å². The molecule has 0 unspecified atom stereocenters. The molecule has 0 aromatic heterocycles. The Bertz CT molecular complexity index is 1340. The van der Waals surface area contributed by atoms with Crippen LogP contribution in [-0.4, -0.2) is 17.9 Å². The van der Waals surface area contributed by atoms with Crippen molar-refractivity contribution in [2.45, 2.75) is 13.0 Å². The van der Waals surface area contributed by atoms with Gasteiger partial charge in [-0.25, -0.2) is 0 Å². The molecule has 0 saturated heterocycles. The maximum atomic E-state index is 12.6. The zero-order valence-electron chi connectivity index (χ0n) is 19.4. The number of halogens is 1. The predicted octanol–water partition coefficient (Wildman–Crippen LogP) is 6.11. The molecular weight excluding hydrogens is 482 g/mol. The number of hydrogen-bond acceptors (Lipinski definition) is 6. The number of allylic oxidation sites excluding steroid dienone is 1. The highest BCUT2D eigenvalue weighted by Gasteiger charge is 2.15. The molecule has 0 saturated carbocycles. The molecule has 3 aromatic rings. The zero-order chi connectivity index (χ0) is 26.1. The second kappa shape index (κ2) is 12.2. The van der Waals surface area contributed by atoms with E-state index < -0.39 is 10.8 Å². The van der Waals surface area contributed by atoms with Crippen LogP contribution in [0.2, 0.25) is 5.02 Å². The molecule has 3 rings (SSSR count). The molecule has 0 aliphatic carbocycles. The fraction of sp³-hybridized carbons (Fsp3) is 0.111. The van der Waals surface area contributed by atoms with Gasteiger partial charge in [-0.1, -0.05) is 17.7 Å². The molecule has 0 radical (unpaired) electrons. The van der Waals surface area contributed by atoms with Crippen molar-refractivity contribution in [2.75, 3.05) is 12.4 Å². The lowest BCUT2D eigenvalue weighted by molar-refractivity contribution is -0.384. The molecule has 36 heavy (non-hydrogen) atoms. The Hall–Kier alpha value is -4.61. The first-order valence-electron chi connectivity index (χ1n) is 10.7. The summed E-state index contributed by atoms with van der Waals surface area (Å²) in [6, 6.07) is 18.0. The largest absolute Gasteiger partial charge is 0.493 e. The number of carbonyl (C=O) groups excluding carboxylic acids is 1. The van der Waals surface area contributed by atoms with E-state index in [1.165, 1.54) is 25.3 Å². The molecule has 0 bridgehead atoms. The zero-order valence-corrected chi connectivity index (χ0v) is 20.1. The van der Waals surface area contributed by atoms with Crippen LogP contribution in [0.3, 0.4) is 0 Å². The number of amides is 1. The minimum Gasteiger partial charge on any atom is -0.493 e. The number of nitriles is 1. The van der Waals surface area contributed by atoms with Crippen LogP contribution in [0.1, 0.15) is 16.7 Å². The Labute approximate surface area is 213 Å². The van der Waals surface area contributed by atoms with E-state index in [1.54, 1.807) is 54.6 Å². The molecule has 0 fully saturated rings. The first kappa shape index (κ1) is 26.0. The van der Waals surface area contributed by atoms with Crippen LogP contribution in [0.15, 0.2) is 78.9 Å². The molecule has 9 heteroatoms. The number of nitrogens with one attached hydrogen (secondary N) is 1. The molecule has 0 spiro atoms. The van der Waals surface area contributed by atoms with Crippen molar-refractivity contribution in [2.24, 2.45) is 0 Å². The summed E-state index contributed by atoms with van der Waals surface area (Å²) in [5.74, 6) is 0.303. The van der Waals surface area contributed by atoms with Gasteiger partial charge < -0.3 is 14.8 Å². The maximum absolute atomic E-state index is 12.6. The second-order valence-electron chi connectivity index (χ2n) is 7.55. The Morgan fingerprint density at radius 2 is 1.89 bits per heavy atom. The SMILES string of the molecule is C=CCc1cc(/C=C(\C#N)C(=O)Nc2ccc(Cl)cc2)cc(OC)c1OCc1ccc([N+](=O)[O-])cc1. The number of benzene rings is 3. The van der Waals surface area contributed by atoms with Crippen LogP contribution >= 0.6 is 11.6 Å². The van der Waals surface area contributed by atoms with E-state index in [1.807, 2.05) is 6.07 Å². The Balaban J connectivity index is 1.87. The van der Waals surface area contributed by atoms with Crippen LogP contribution < -0.4 is 14.8 Å². The molecule has 8 nitrogen and oxygen atoms in total. The highest BCUT2D eigenvalue weighted by Crippen LogP contribution is 2.35. The average molecular weight is 504 g/mol. The van der Waals surface area contributed by atoms with Crippen LogP contribution in [0, 0.1) is 21.4 Å². The summed E-state index contributed by atoms with van der Waals surface area (Å²) in [4.78, 5) is 23.0. The number of nitro benzene ring substituents is 1. The number of nitro groups is 1. The highest BCUT2D eigenvalue weighted by molar-refractivity contribution is 6.30. The van der Waals surface area contributed by atoms with Gasteiger partial charge in [-0.2, -0.15) is 5.26 Å². The molecule has 0 atom stereocenters. The summed E-state index contributed by atoms with van der Waals surface area (Å²) in [6.45, 7) is 3.94. The number of ether oxygens (including phenoxy) is 2. The first-order valence-corrected chi connectivity index (χ1v) is 11.1. The Morgan fingerprint density at radius 1 is 1.19 bits per heavy atom. The number of methoxy groups -OCH3 is 1. The van der Waals surface area contributed by atoms with Crippen molar-refractivity contribution in [3.63, 3.8) is 0 Å². The number of rotatable bonds is 10. The fourth-order valence-electron chi connectivity index (χ4n) is 3.31. The van der Waals surface area contributed by atoms with Gasteiger partial charge in [-0.3, -0.25) is 14.9 Å². The lowest BCUT2D eigenvalue weighted by Crippen LogP contribution is -2.13. The summed E-state index contributed by atoms with van der Waals surface area (Å²) < 4.78 is 11.5. The molecule has 3 aromatic carbocycles. The summed E-state index contributed by atoms with van der Waals surface area (Å²) in [5.41, 5.74) is 2.43. The van der Waals surface area contributed by atoms with Gasteiger partial charge in [0.25, 0.3) is 11.6 Å². The van der Waals surface area contributed by atoms with Crippen LogP contribution in [0.25, 0.3) is 6.08 Å². The molecule has 0 aliphatic heterocycles. The summed E-state index contributed by atoms with van der Waals surface area (Å²) in [6.07, 6.45) is 3.59. The van der Waals surface area contributed by atoms with E-state index in [2.05, 4.69) is 11.9 Å². The van der Waals surface area contributed by atoms with Crippen molar-refractivity contribution in [3.05, 3.63) is 111 Å². The van der Waals surface area contributed by atoms with Gasteiger partial charge in [0, 0.05) is 28.4 Å². The number of nitrogens with zero attached hydrogens (tertiary/aromatic N) is 2. The fourth-order valence-corrected chi connectivity index (χ4v) is 3.43. The van der Waals surface area contributed by atoms with Crippen molar-refractivity contribution >= 4 is 35.0 Å². The lowest BCUT2D eigenvalue weighted by Gasteiger charge is -2.16. The van der Waals surface area contributed by atoms with Gasteiger partial charge in [-0.15, -0.1) is 6.58 Å². The van der Waals surface area contributed by atoms with E-state index in [0.29, 0.717) is 34.2 Å². The molecule has 0 aliphatic rings. The minimum atomic E-state index is -0.567. The highest BCUT2D eigenvalue weighted by atomic mass is 35.5. The van der Waals surface area contributed by atoms with Crippen LogP contribution in [0.4, 0.5) is 11.4 Å². The summed E-state index contributed by atoms with van der Waals surface area (Å²) >= 11 is 5.87. The Kier molecular flexibility index (Phi) is 8.81. The van der Waals surface area contributed by atoms with Crippen molar-refractivity contribution < 1.29 is 19.2 Å². The van der Waals surface area contributed by atoms with Gasteiger partial charge in [0.1, 0.15) is 18.2 Å². The van der Waals surface area contributed by atoms with Crippen molar-refractivity contribution in [1.29, 1.82) is 5.26 Å². The minimum absolute atomic E-state index is 0.00628. The lowest BCUT2D eigenvalue weighted by atomic mass is 10.0. The van der Waals surface area contributed by atoms with Crippen LogP contribution in [-0.2, 0) is 17.8 Å². The molecular formula is C27H22ClN3O5. The van der Waals surface area contributed by atoms with Gasteiger partial charge in [-0.05, 0) is 72.2 Å². The van der Waals surface area contributed by atoms with E-state index in [9.17, 15) is 20.2 Å². The first-order chi connectivity index (χ1) is 17.3. The van der Waals surface area contributed by atoms with Gasteiger partial charge in [0.15, 0.2) is 11.5 Å². The summed E-state index contributed by atoms with van der Waals surface area (Å²) in [7, 11) is 1.48. The van der Waals surface area contributed by atoms with E-state index >= 15 is 0 Å². The molecule has 1 amide bonds. The van der Waals surface area contributed by atoms with Gasteiger partial charge in [0.05, 0.1) is 12.0 Å². The predicted molar refractivity (Wildman–Crippen MR) is 138 cm³/mol. The van der Waals surface area contributed by atoms with E-state index in [4.69, 9.17) is 21.1 Å². The van der Waals surface area contributed by atoms with Gasteiger partial charge in [0.2, 0.25) is 0 Å². The van der Waals surface area contributed by atoms with Gasteiger partial charge >= 0.3 is 0 Å². The topological polar surface area (TPSA) is 114 Å². The number of anilines is 1. The van der Waals surface area contributed by atoms with Crippen molar-refractivity contribution in [3.8, 4) is 17.6 Å². The monoisotopic (exact) mass is 503 g/mol. The maximum Gasteiger partial charge on any atom is 0.269 e. The van der Waals surface area contributed by atoms with E-state index in [0.717, 1.165) is 11.1 Å². The average Bonchev–Trinajstić information content (AvgIpc) is 2.88. The Morgan fingerprint density at radius 3 is 2.47 bits per heavy atom. The normalized spacial score (nSPS) is 10.8. The molecule has 182 valence electrons. The smallest absolute Gasteiger partial charge is 0.269 e. The number of hydrogen-bond donors (Lipinski definition) is 1. The second-order valence-corrected chi connectivity index (χ2v) is 7.98. The third kappa shape index (κ3) is 6.72. The molecule has 1 N–H and O–H groups in total. The quantitative estimate of drug-likeness (QED) is 0.117. The van der Waals surface area contributed by atoms with E-state index in [-0.39, 0.29) is 17.9 Å². The number of carbonyl (C=O) groups is 1. The third-order valence-corrected chi connectivity index (χ3v) is 5.30. The molecule has 0 heterocycles. The third-order valence-electron chi connectivity index (χ3n) is 5.05. The standard InChI is InChI=1S/C27H22ClN3O5/c1-3-4-20-13-19(14-21(16-29)27(32)30-23-9-7-22(28)8-10-23)15-25(35-2)26(20)36-17-18-5-11-24(12-6-18)31(33)34/h3,5-15H,1,4,17H2,2H3,(H,30,32)/b21-14+. The summed E-state index contributed by atoms with van der Waals surface area (Å²) in [5, 5.41) is 23.6. The van der Waals surface area contributed by atoms with Crippen LogP contribution in [0.5, 0.6) is 11.5 Å².